The molecule has 0 saturated carbocycles. The normalized spacial score (nSPS) is 12.8. The van der Waals surface area contributed by atoms with Gasteiger partial charge in [-0.25, -0.2) is 0 Å². The Morgan fingerprint density at radius 3 is 0.762 bits per heavy atom. The van der Waals surface area contributed by atoms with Crippen LogP contribution in [0.25, 0.3) is 0 Å². The molecule has 80 heavy (non-hydrogen) atoms. The molecule has 0 aromatic rings. The van der Waals surface area contributed by atoms with E-state index in [0.717, 1.165) is 116 Å². The van der Waals surface area contributed by atoms with Crippen LogP contribution in [0, 0.1) is 0 Å². The summed E-state index contributed by atoms with van der Waals surface area (Å²) in [6.07, 6.45) is 92.9. The van der Waals surface area contributed by atoms with Crippen LogP contribution < -0.4 is 0 Å². The summed E-state index contributed by atoms with van der Waals surface area (Å²) in [5, 5.41) is 0. The summed E-state index contributed by atoms with van der Waals surface area (Å²) in [6, 6.07) is 0. The molecule has 0 aliphatic carbocycles. The van der Waals surface area contributed by atoms with E-state index in [1.165, 1.54) is 167 Å². The lowest BCUT2D eigenvalue weighted by Crippen LogP contribution is -2.30. The Kier molecular flexibility index (Phi) is 64.3. The van der Waals surface area contributed by atoms with Crippen molar-refractivity contribution in [3.05, 3.63) is 109 Å². The van der Waals surface area contributed by atoms with Crippen LogP contribution in [-0.4, -0.2) is 37.2 Å². The topological polar surface area (TPSA) is 78.9 Å². The van der Waals surface area contributed by atoms with Crippen LogP contribution in [0.4, 0.5) is 0 Å². The van der Waals surface area contributed by atoms with Gasteiger partial charge in [-0.05, 0) is 103 Å². The van der Waals surface area contributed by atoms with Crippen molar-refractivity contribution in [2.24, 2.45) is 0 Å². The van der Waals surface area contributed by atoms with Gasteiger partial charge in [0.25, 0.3) is 0 Å². The monoisotopic (exact) mass is 1110 g/mol. The number of ether oxygens (including phenoxy) is 3. The van der Waals surface area contributed by atoms with E-state index in [9.17, 15) is 14.4 Å². The van der Waals surface area contributed by atoms with Crippen LogP contribution in [0.15, 0.2) is 109 Å². The molecule has 0 aliphatic rings. The van der Waals surface area contributed by atoms with Gasteiger partial charge in [0.2, 0.25) is 0 Å². The molecular weight excluding hydrogens is 985 g/mol. The zero-order valence-corrected chi connectivity index (χ0v) is 52.6. The molecule has 0 heterocycles. The van der Waals surface area contributed by atoms with E-state index in [-0.39, 0.29) is 31.1 Å². The molecule has 1 unspecified atom stereocenters. The van der Waals surface area contributed by atoms with Crippen molar-refractivity contribution in [3.8, 4) is 0 Å². The Hall–Kier alpha value is -3.93. The van der Waals surface area contributed by atoms with Gasteiger partial charge in [-0.1, -0.05) is 310 Å². The predicted octanol–water partition coefficient (Wildman–Crippen LogP) is 23.4. The minimum Gasteiger partial charge on any atom is -0.462 e. The molecule has 458 valence electrons. The highest BCUT2D eigenvalue weighted by Crippen LogP contribution is 2.17. The predicted molar refractivity (Wildman–Crippen MR) is 348 cm³/mol. The van der Waals surface area contributed by atoms with Gasteiger partial charge in [0.05, 0.1) is 0 Å². The summed E-state index contributed by atoms with van der Waals surface area (Å²) in [5.74, 6) is -0.877. The van der Waals surface area contributed by atoms with E-state index in [0.29, 0.717) is 19.3 Å². The molecule has 0 fully saturated rings. The number of hydrogen-bond donors (Lipinski definition) is 0. The molecule has 6 nitrogen and oxygen atoms in total. The van der Waals surface area contributed by atoms with E-state index >= 15 is 0 Å². The Labute approximate surface area is 495 Å². The molecule has 0 spiro atoms. The summed E-state index contributed by atoms with van der Waals surface area (Å²) < 4.78 is 16.8. The largest absolute Gasteiger partial charge is 0.462 e. The summed E-state index contributed by atoms with van der Waals surface area (Å²) in [4.78, 5) is 38.1. The highest BCUT2D eigenvalue weighted by atomic mass is 16.6. The fraction of sp³-hybridized carbons (Fsp3) is 0.716. The van der Waals surface area contributed by atoms with Gasteiger partial charge in [-0.2, -0.15) is 0 Å². The average molecular weight is 1110 g/mol. The van der Waals surface area contributed by atoms with Gasteiger partial charge < -0.3 is 14.2 Å². The zero-order chi connectivity index (χ0) is 57.8. The summed E-state index contributed by atoms with van der Waals surface area (Å²) in [5.41, 5.74) is 0. The molecule has 0 aromatic heterocycles. The van der Waals surface area contributed by atoms with Crippen molar-refractivity contribution in [2.75, 3.05) is 13.2 Å². The third-order valence-corrected chi connectivity index (χ3v) is 14.5. The van der Waals surface area contributed by atoms with Gasteiger partial charge in [0.1, 0.15) is 13.2 Å². The minimum absolute atomic E-state index is 0.0761. The van der Waals surface area contributed by atoms with E-state index in [1.807, 2.05) is 0 Å². The molecule has 0 N–H and O–H groups in total. The first-order chi connectivity index (χ1) is 39.5. The summed E-state index contributed by atoms with van der Waals surface area (Å²) in [6.45, 7) is 6.38. The van der Waals surface area contributed by atoms with Crippen molar-refractivity contribution in [2.45, 2.75) is 329 Å². The second-order valence-electron chi connectivity index (χ2n) is 22.3. The average Bonchev–Trinajstić information content (AvgIpc) is 3.46. The molecule has 0 bridgehead atoms. The number of hydrogen-bond acceptors (Lipinski definition) is 6. The molecule has 6 heteroatoms. The Morgan fingerprint density at radius 2 is 0.487 bits per heavy atom. The number of allylic oxidation sites excluding steroid dienone is 18. The number of rotatable bonds is 61. The van der Waals surface area contributed by atoms with Crippen molar-refractivity contribution < 1.29 is 28.6 Å². The van der Waals surface area contributed by atoms with E-state index in [1.54, 1.807) is 0 Å². The van der Waals surface area contributed by atoms with E-state index < -0.39 is 6.10 Å². The van der Waals surface area contributed by atoms with Crippen LogP contribution in [0.3, 0.4) is 0 Å². The third-order valence-electron chi connectivity index (χ3n) is 14.5. The molecule has 0 saturated heterocycles. The standard InChI is InChI=1S/C74H126O6/c1-4-7-10-13-16-18-20-22-24-26-28-30-32-34-35-36-37-38-39-41-42-44-46-48-50-52-54-56-58-61-64-67-73(76)79-70-71(69-78-72(75)66-63-60-15-12-9-6-3)80-74(77)68-65-62-59-57-55-53-51-49-47-45-43-40-33-31-29-27-25-23-21-19-17-14-11-8-5-2/h7-8,10-11,16-19,22-25,28-31,34-35,71H,4-6,9,12-15,20-21,26-27,32-33,36-70H2,1-3H3/b10-7-,11-8-,18-16-,19-17-,24-22-,25-23-,30-28-,31-29-,35-34-. The second-order valence-corrected chi connectivity index (χ2v) is 22.3. The maximum Gasteiger partial charge on any atom is 0.306 e. The van der Waals surface area contributed by atoms with E-state index in [4.69, 9.17) is 14.2 Å². The van der Waals surface area contributed by atoms with Gasteiger partial charge >= 0.3 is 17.9 Å². The quantitative estimate of drug-likeness (QED) is 0.0261. The Bertz CT molecular complexity index is 1610. The van der Waals surface area contributed by atoms with Crippen LogP contribution in [0.5, 0.6) is 0 Å². The van der Waals surface area contributed by atoms with Crippen LogP contribution in [0.1, 0.15) is 323 Å². The maximum absolute atomic E-state index is 12.9. The zero-order valence-electron chi connectivity index (χ0n) is 52.6. The first-order valence-electron chi connectivity index (χ1n) is 33.9. The second kappa shape index (κ2) is 67.6. The lowest BCUT2D eigenvalue weighted by Gasteiger charge is -2.18. The molecule has 0 rings (SSSR count). The first kappa shape index (κ1) is 76.1. The van der Waals surface area contributed by atoms with Gasteiger partial charge in [-0.15, -0.1) is 0 Å². The van der Waals surface area contributed by atoms with Crippen molar-refractivity contribution in [3.63, 3.8) is 0 Å². The van der Waals surface area contributed by atoms with Crippen LogP contribution >= 0.6 is 0 Å². The summed E-state index contributed by atoms with van der Waals surface area (Å²) in [7, 11) is 0. The third kappa shape index (κ3) is 64.9. The molecular formula is C74H126O6. The van der Waals surface area contributed by atoms with Gasteiger partial charge in [0.15, 0.2) is 6.10 Å². The van der Waals surface area contributed by atoms with Crippen LogP contribution in [0.2, 0.25) is 0 Å². The number of esters is 3. The first-order valence-corrected chi connectivity index (χ1v) is 33.9. The van der Waals surface area contributed by atoms with Crippen molar-refractivity contribution >= 4 is 17.9 Å². The minimum atomic E-state index is -0.776. The fourth-order valence-corrected chi connectivity index (χ4v) is 9.52. The molecule has 1 atom stereocenters. The smallest absolute Gasteiger partial charge is 0.306 e. The number of unbranched alkanes of at least 4 members (excludes halogenated alkanes) is 32. The lowest BCUT2D eigenvalue weighted by molar-refractivity contribution is -0.167. The van der Waals surface area contributed by atoms with E-state index in [2.05, 4.69) is 130 Å². The highest BCUT2D eigenvalue weighted by Gasteiger charge is 2.19. The maximum atomic E-state index is 12.9. The fourth-order valence-electron chi connectivity index (χ4n) is 9.52. The van der Waals surface area contributed by atoms with Crippen LogP contribution in [-0.2, 0) is 28.6 Å². The number of carbonyl (C=O) groups is 3. The Balaban J connectivity index is 4.04. The number of carbonyl (C=O) groups excluding carboxylic acids is 3. The molecule has 0 aromatic carbocycles. The van der Waals surface area contributed by atoms with Crippen molar-refractivity contribution in [1.82, 2.24) is 0 Å². The lowest BCUT2D eigenvalue weighted by atomic mass is 10.0. The summed E-state index contributed by atoms with van der Waals surface area (Å²) >= 11 is 0. The highest BCUT2D eigenvalue weighted by molar-refractivity contribution is 5.71. The van der Waals surface area contributed by atoms with Gasteiger partial charge in [-0.3, -0.25) is 14.4 Å². The van der Waals surface area contributed by atoms with Gasteiger partial charge in [0, 0.05) is 19.3 Å². The Morgan fingerprint density at radius 1 is 0.263 bits per heavy atom. The molecule has 0 aliphatic heterocycles. The van der Waals surface area contributed by atoms with Crippen molar-refractivity contribution in [1.29, 1.82) is 0 Å². The SMILES string of the molecule is CC/C=C\C/C=C\C/C=C\C/C=C\C/C=C\CCCCCCCCCCCCCCCCCC(=O)OCC(COC(=O)CCCCCCCC)OC(=O)CCCCCCCCCCCCCC/C=C\C/C=C\C/C=C\C/C=C\CC. The molecule has 0 amide bonds. The molecule has 0 radical (unpaired) electrons.